The summed E-state index contributed by atoms with van der Waals surface area (Å²) in [4.78, 5) is 0. The van der Waals surface area contributed by atoms with Crippen LogP contribution in [-0.2, 0) is 6.61 Å². The molecule has 0 saturated heterocycles. The molecule has 66 valence electrons. The van der Waals surface area contributed by atoms with E-state index in [0.717, 1.165) is 18.4 Å². The van der Waals surface area contributed by atoms with Crippen molar-refractivity contribution < 1.29 is 9.50 Å². The smallest absolute Gasteiger partial charge is 0.128 e. The molecule has 1 fully saturated rings. The lowest BCUT2D eigenvalue weighted by Crippen LogP contribution is -2.09. The molecule has 2 radical (unpaired) electrons. The molecule has 0 unspecified atom stereocenters. The molecule has 1 aromatic carbocycles. The Morgan fingerprint density at radius 2 is 2.15 bits per heavy atom. The number of aliphatic hydroxyl groups is 1. The molecule has 0 heterocycles. The van der Waals surface area contributed by atoms with Gasteiger partial charge in [0.25, 0.3) is 0 Å². The highest BCUT2D eigenvalue weighted by Crippen LogP contribution is 2.41. The van der Waals surface area contributed by atoms with E-state index in [1.54, 1.807) is 6.07 Å². The second kappa shape index (κ2) is 3.15. The quantitative estimate of drug-likeness (QED) is 0.666. The van der Waals surface area contributed by atoms with Gasteiger partial charge in [-0.05, 0) is 30.4 Å². The Bertz CT molecular complexity index is 334. The van der Waals surface area contributed by atoms with Crippen LogP contribution in [0, 0.1) is 5.82 Å². The highest BCUT2D eigenvalue weighted by molar-refractivity contribution is 6.32. The normalized spacial score (nSPS) is 16.2. The van der Waals surface area contributed by atoms with Gasteiger partial charge in [0.05, 0.1) is 6.61 Å². The highest BCUT2D eigenvalue weighted by Gasteiger charge is 2.27. The fourth-order valence-corrected chi connectivity index (χ4v) is 1.61. The third kappa shape index (κ3) is 1.61. The molecule has 2 rings (SSSR count). The number of benzene rings is 1. The SMILES string of the molecule is [B]c1cc(F)c(CO)c(C2CC2)c1. The minimum absolute atomic E-state index is 0.238. The number of rotatable bonds is 2. The number of aliphatic hydroxyl groups excluding tert-OH is 1. The van der Waals surface area contributed by atoms with Gasteiger partial charge in [0.2, 0.25) is 0 Å². The lowest BCUT2D eigenvalue weighted by Gasteiger charge is -2.08. The van der Waals surface area contributed by atoms with Crippen molar-refractivity contribution >= 4 is 13.3 Å². The molecule has 1 N–H and O–H groups in total. The van der Waals surface area contributed by atoms with Gasteiger partial charge in [0, 0.05) is 5.56 Å². The van der Waals surface area contributed by atoms with E-state index in [9.17, 15) is 4.39 Å². The fraction of sp³-hybridized carbons (Fsp3) is 0.400. The maximum absolute atomic E-state index is 13.3. The van der Waals surface area contributed by atoms with Crippen LogP contribution >= 0.6 is 0 Å². The summed E-state index contributed by atoms with van der Waals surface area (Å²) in [5.74, 6) is 0.0320. The Labute approximate surface area is 78.0 Å². The van der Waals surface area contributed by atoms with Crippen LogP contribution in [0.3, 0.4) is 0 Å². The monoisotopic (exact) mass is 176 g/mol. The summed E-state index contributed by atoms with van der Waals surface area (Å²) in [6.45, 7) is -0.238. The van der Waals surface area contributed by atoms with Crippen LogP contribution in [0.15, 0.2) is 12.1 Å². The second-order valence-electron chi connectivity index (χ2n) is 3.50. The first-order chi connectivity index (χ1) is 6.22. The van der Waals surface area contributed by atoms with Crippen LogP contribution in [0.1, 0.15) is 29.9 Å². The van der Waals surface area contributed by atoms with Crippen LogP contribution in [0.25, 0.3) is 0 Å². The van der Waals surface area contributed by atoms with Gasteiger partial charge >= 0.3 is 0 Å². The molecule has 0 aromatic heterocycles. The lowest BCUT2D eigenvalue weighted by molar-refractivity contribution is 0.274. The average molecular weight is 176 g/mol. The van der Waals surface area contributed by atoms with Gasteiger partial charge in [-0.3, -0.25) is 0 Å². The van der Waals surface area contributed by atoms with Crippen molar-refractivity contribution in [3.8, 4) is 0 Å². The molecule has 0 atom stereocenters. The van der Waals surface area contributed by atoms with E-state index in [4.69, 9.17) is 13.0 Å². The van der Waals surface area contributed by atoms with E-state index in [1.165, 1.54) is 6.07 Å². The van der Waals surface area contributed by atoms with Crippen molar-refractivity contribution in [2.75, 3.05) is 0 Å². The van der Waals surface area contributed by atoms with Gasteiger partial charge in [0.15, 0.2) is 0 Å². The minimum Gasteiger partial charge on any atom is -0.392 e. The van der Waals surface area contributed by atoms with Crippen LogP contribution < -0.4 is 5.46 Å². The van der Waals surface area contributed by atoms with Crippen molar-refractivity contribution in [1.29, 1.82) is 0 Å². The van der Waals surface area contributed by atoms with Crippen molar-refractivity contribution in [1.82, 2.24) is 0 Å². The van der Waals surface area contributed by atoms with Crippen molar-refractivity contribution in [3.63, 3.8) is 0 Å². The zero-order chi connectivity index (χ0) is 9.42. The van der Waals surface area contributed by atoms with Crippen LogP contribution in [0.5, 0.6) is 0 Å². The Morgan fingerprint density at radius 3 is 2.69 bits per heavy atom. The van der Waals surface area contributed by atoms with Crippen LogP contribution in [0.2, 0.25) is 0 Å². The molecule has 13 heavy (non-hydrogen) atoms. The summed E-state index contributed by atoms with van der Waals surface area (Å²) in [5.41, 5.74) is 1.74. The predicted molar refractivity (Wildman–Crippen MR) is 49.7 cm³/mol. The number of hydrogen-bond donors (Lipinski definition) is 1. The molecule has 1 aliphatic rings. The molecule has 0 bridgehead atoms. The maximum Gasteiger partial charge on any atom is 0.128 e. The summed E-state index contributed by atoms with van der Waals surface area (Å²) in [6.07, 6.45) is 2.16. The Hall–Kier alpha value is -0.825. The van der Waals surface area contributed by atoms with Crippen molar-refractivity contribution in [2.45, 2.75) is 25.4 Å². The van der Waals surface area contributed by atoms with E-state index < -0.39 is 0 Å². The fourth-order valence-electron chi connectivity index (χ4n) is 1.61. The average Bonchev–Trinajstić information content (AvgIpc) is 2.85. The van der Waals surface area contributed by atoms with E-state index in [2.05, 4.69) is 0 Å². The van der Waals surface area contributed by atoms with E-state index >= 15 is 0 Å². The molecular weight excluding hydrogens is 166 g/mol. The van der Waals surface area contributed by atoms with E-state index in [1.807, 2.05) is 0 Å². The lowest BCUT2D eigenvalue weighted by atomic mass is 9.90. The third-order valence-electron chi connectivity index (χ3n) is 2.43. The zero-order valence-electron chi connectivity index (χ0n) is 7.26. The zero-order valence-corrected chi connectivity index (χ0v) is 7.26. The molecule has 1 nitrogen and oxygen atoms in total. The van der Waals surface area contributed by atoms with Gasteiger partial charge < -0.3 is 5.11 Å². The maximum atomic E-state index is 13.3. The summed E-state index contributed by atoms with van der Waals surface area (Å²) in [5, 5.41) is 8.99. The largest absolute Gasteiger partial charge is 0.392 e. The topological polar surface area (TPSA) is 20.2 Å². The number of halogens is 1. The molecule has 0 amide bonds. The molecule has 1 aliphatic carbocycles. The molecule has 3 heteroatoms. The van der Waals surface area contributed by atoms with Crippen LogP contribution in [0.4, 0.5) is 4.39 Å². The molecule has 1 saturated carbocycles. The minimum atomic E-state index is -0.385. The molecular formula is C10H10BFO. The van der Waals surface area contributed by atoms with Gasteiger partial charge in [-0.1, -0.05) is 11.5 Å². The summed E-state index contributed by atoms with van der Waals surface area (Å²) >= 11 is 0. The molecule has 0 aliphatic heterocycles. The van der Waals surface area contributed by atoms with Crippen LogP contribution in [-0.4, -0.2) is 13.0 Å². The Morgan fingerprint density at radius 1 is 1.46 bits per heavy atom. The first-order valence-corrected chi connectivity index (χ1v) is 4.41. The summed E-state index contributed by atoms with van der Waals surface area (Å²) < 4.78 is 13.3. The van der Waals surface area contributed by atoms with E-state index in [0.29, 0.717) is 16.9 Å². The van der Waals surface area contributed by atoms with E-state index in [-0.39, 0.29) is 12.4 Å². The van der Waals surface area contributed by atoms with Crippen molar-refractivity contribution in [2.24, 2.45) is 0 Å². The standard InChI is InChI=1S/C10H10BFO/c11-7-3-8(6-1-2-6)9(5-13)10(12)4-7/h3-4,6,13H,1-2,5H2. The summed E-state index contributed by atoms with van der Waals surface area (Å²) in [6, 6.07) is 3.03. The first kappa shape index (κ1) is 8.76. The van der Waals surface area contributed by atoms with Gasteiger partial charge in [0.1, 0.15) is 13.7 Å². The molecule has 0 spiro atoms. The van der Waals surface area contributed by atoms with Gasteiger partial charge in [-0.15, -0.1) is 0 Å². The third-order valence-corrected chi connectivity index (χ3v) is 2.43. The Kier molecular flexibility index (Phi) is 2.12. The predicted octanol–water partition coefficient (Wildman–Crippen LogP) is 0.989. The molecule has 1 aromatic rings. The number of hydrogen-bond acceptors (Lipinski definition) is 1. The van der Waals surface area contributed by atoms with Gasteiger partial charge in [-0.2, -0.15) is 0 Å². The second-order valence-corrected chi connectivity index (χ2v) is 3.50. The van der Waals surface area contributed by atoms with Gasteiger partial charge in [-0.25, -0.2) is 4.39 Å². The highest BCUT2D eigenvalue weighted by atomic mass is 19.1. The summed E-state index contributed by atoms with van der Waals surface area (Å²) in [7, 11) is 5.53. The van der Waals surface area contributed by atoms with Crippen molar-refractivity contribution in [3.05, 3.63) is 29.1 Å². The first-order valence-electron chi connectivity index (χ1n) is 4.41. The Balaban J connectivity index is 2.50.